The number of aromatic nitrogens is 1. The third-order valence-corrected chi connectivity index (χ3v) is 5.93. The van der Waals surface area contributed by atoms with E-state index in [0.717, 1.165) is 38.8 Å². The van der Waals surface area contributed by atoms with Crippen LogP contribution in [-0.2, 0) is 6.54 Å². The second kappa shape index (κ2) is 6.95. The molecule has 2 amide bonds. The van der Waals surface area contributed by atoms with Crippen LogP contribution in [0.5, 0.6) is 0 Å². The summed E-state index contributed by atoms with van der Waals surface area (Å²) in [6.45, 7) is 3.80. The molecule has 4 heteroatoms. The molecule has 0 spiro atoms. The Bertz CT molecular complexity index is 716. The molecule has 2 heterocycles. The van der Waals surface area contributed by atoms with Crippen LogP contribution in [-0.4, -0.2) is 28.1 Å². The zero-order valence-corrected chi connectivity index (χ0v) is 14.9. The van der Waals surface area contributed by atoms with Crippen LogP contribution in [0.1, 0.15) is 55.8 Å². The zero-order valence-electron chi connectivity index (χ0n) is 14.9. The van der Waals surface area contributed by atoms with E-state index < -0.39 is 0 Å². The maximum atomic E-state index is 12.8. The third kappa shape index (κ3) is 3.30. The van der Waals surface area contributed by atoms with Gasteiger partial charge in [0.15, 0.2) is 0 Å². The number of nitrogens with zero attached hydrogens (tertiary/aromatic N) is 2. The molecule has 1 aromatic heterocycles. The highest BCUT2D eigenvalue weighted by Crippen LogP contribution is 2.33. The zero-order chi connectivity index (χ0) is 17.2. The van der Waals surface area contributed by atoms with Gasteiger partial charge in [-0.3, -0.25) is 0 Å². The summed E-state index contributed by atoms with van der Waals surface area (Å²) < 4.78 is 2.25. The van der Waals surface area contributed by atoms with Gasteiger partial charge in [0, 0.05) is 31.0 Å². The second-order valence-corrected chi connectivity index (χ2v) is 7.40. The summed E-state index contributed by atoms with van der Waals surface area (Å²) in [5, 5.41) is 3.29. The average Bonchev–Trinajstić information content (AvgIpc) is 3.13. The number of urea groups is 1. The largest absolute Gasteiger partial charge is 0.348 e. The summed E-state index contributed by atoms with van der Waals surface area (Å²) in [5.74, 6) is 0.645. The van der Waals surface area contributed by atoms with Crippen LogP contribution >= 0.6 is 0 Å². The van der Waals surface area contributed by atoms with Crippen LogP contribution in [0.15, 0.2) is 48.7 Å². The second-order valence-electron chi connectivity index (χ2n) is 7.40. The highest BCUT2D eigenvalue weighted by Gasteiger charge is 2.30. The van der Waals surface area contributed by atoms with Crippen LogP contribution in [0.25, 0.3) is 0 Å². The molecule has 2 aromatic rings. The molecule has 0 saturated heterocycles. The van der Waals surface area contributed by atoms with Gasteiger partial charge in [-0.2, -0.15) is 0 Å². The van der Waals surface area contributed by atoms with E-state index in [4.69, 9.17) is 0 Å². The fourth-order valence-electron chi connectivity index (χ4n) is 4.41. The molecule has 1 atom stereocenters. The molecule has 1 aromatic carbocycles. The molecule has 1 saturated carbocycles. The smallest absolute Gasteiger partial charge is 0.318 e. The summed E-state index contributed by atoms with van der Waals surface area (Å²) in [4.78, 5) is 14.8. The van der Waals surface area contributed by atoms with Gasteiger partial charge in [0.25, 0.3) is 0 Å². The summed E-state index contributed by atoms with van der Waals surface area (Å²) in [6.07, 6.45) is 6.57. The molecule has 4 rings (SSSR count). The first-order chi connectivity index (χ1) is 12.2. The van der Waals surface area contributed by atoms with Gasteiger partial charge in [0.2, 0.25) is 0 Å². The van der Waals surface area contributed by atoms with Crippen molar-refractivity contribution >= 4 is 6.03 Å². The van der Waals surface area contributed by atoms with E-state index in [-0.39, 0.29) is 12.1 Å². The van der Waals surface area contributed by atoms with Crippen LogP contribution in [0.4, 0.5) is 4.79 Å². The van der Waals surface area contributed by atoms with Gasteiger partial charge in [-0.25, -0.2) is 4.79 Å². The maximum Gasteiger partial charge on any atom is 0.318 e. The van der Waals surface area contributed by atoms with Crippen molar-refractivity contribution in [1.29, 1.82) is 0 Å². The Morgan fingerprint density at radius 1 is 1.00 bits per heavy atom. The summed E-state index contributed by atoms with van der Waals surface area (Å²) in [7, 11) is 0. The van der Waals surface area contributed by atoms with Crippen molar-refractivity contribution in [3.05, 3.63) is 59.9 Å². The molecule has 4 nitrogen and oxygen atoms in total. The van der Waals surface area contributed by atoms with Gasteiger partial charge in [0.1, 0.15) is 0 Å². The number of carbonyl (C=O) groups is 1. The van der Waals surface area contributed by atoms with E-state index in [9.17, 15) is 4.79 Å². The van der Waals surface area contributed by atoms with Crippen molar-refractivity contribution in [3.63, 3.8) is 0 Å². The molecule has 1 fully saturated rings. The molecular formula is C21H27N3O. The Morgan fingerprint density at radius 3 is 2.52 bits per heavy atom. The molecule has 1 N–H and O–H groups in total. The van der Waals surface area contributed by atoms with Crippen LogP contribution in [0.2, 0.25) is 0 Å². The van der Waals surface area contributed by atoms with E-state index >= 15 is 0 Å². The number of benzene rings is 1. The van der Waals surface area contributed by atoms with E-state index in [0.29, 0.717) is 12.0 Å². The van der Waals surface area contributed by atoms with E-state index in [1.54, 1.807) is 0 Å². The lowest BCUT2D eigenvalue weighted by Crippen LogP contribution is -2.49. The minimum Gasteiger partial charge on any atom is -0.348 e. The number of fused-ring (bicyclic) bond motifs is 1. The molecule has 0 bridgehead atoms. The minimum atomic E-state index is 0.100. The number of nitrogens with one attached hydrogen (secondary N) is 1. The first-order valence-electron chi connectivity index (χ1n) is 9.49. The van der Waals surface area contributed by atoms with Gasteiger partial charge in [0.05, 0.1) is 6.04 Å². The Balaban J connectivity index is 1.32. The molecule has 25 heavy (non-hydrogen) atoms. The molecule has 0 radical (unpaired) electrons. The lowest BCUT2D eigenvalue weighted by Gasteiger charge is -2.37. The quantitative estimate of drug-likeness (QED) is 0.871. The predicted molar refractivity (Wildman–Crippen MR) is 99.5 cm³/mol. The third-order valence-electron chi connectivity index (χ3n) is 5.93. The minimum absolute atomic E-state index is 0.100. The number of hydrogen-bond donors (Lipinski definition) is 1. The van der Waals surface area contributed by atoms with Crippen molar-refractivity contribution in [2.75, 3.05) is 6.54 Å². The van der Waals surface area contributed by atoms with Crippen molar-refractivity contribution < 1.29 is 4.79 Å². The normalized spacial score (nSPS) is 26.1. The van der Waals surface area contributed by atoms with Gasteiger partial charge < -0.3 is 14.8 Å². The summed E-state index contributed by atoms with van der Waals surface area (Å²) in [5.41, 5.74) is 2.67. The topological polar surface area (TPSA) is 37.3 Å². The Labute approximate surface area is 149 Å². The number of amides is 2. The van der Waals surface area contributed by atoms with E-state index in [2.05, 4.69) is 65.5 Å². The predicted octanol–water partition coefficient (Wildman–Crippen LogP) is 4.30. The molecule has 1 unspecified atom stereocenters. The SMILES string of the molecule is CC1c2cccn2CCN1C(=O)NC1CCC(c2ccccc2)CC1. The first-order valence-corrected chi connectivity index (χ1v) is 9.49. The number of rotatable bonds is 2. The van der Waals surface area contributed by atoms with Crippen molar-refractivity contribution in [3.8, 4) is 0 Å². The molecule has 2 aliphatic rings. The van der Waals surface area contributed by atoms with Gasteiger partial charge in [-0.15, -0.1) is 0 Å². The van der Waals surface area contributed by atoms with Gasteiger partial charge in [-0.1, -0.05) is 30.3 Å². The fourth-order valence-corrected chi connectivity index (χ4v) is 4.41. The lowest BCUT2D eigenvalue weighted by atomic mass is 9.82. The van der Waals surface area contributed by atoms with E-state index in [1.165, 1.54) is 11.3 Å². The number of carbonyl (C=O) groups excluding carboxylic acids is 1. The van der Waals surface area contributed by atoms with Crippen molar-refractivity contribution in [1.82, 2.24) is 14.8 Å². The van der Waals surface area contributed by atoms with Crippen molar-refractivity contribution in [2.45, 2.75) is 57.2 Å². The monoisotopic (exact) mass is 337 g/mol. The molecular weight excluding hydrogens is 310 g/mol. The maximum absolute atomic E-state index is 12.8. The average molecular weight is 337 g/mol. The Kier molecular flexibility index (Phi) is 4.51. The highest BCUT2D eigenvalue weighted by molar-refractivity contribution is 5.75. The number of hydrogen-bond acceptors (Lipinski definition) is 1. The molecule has 132 valence electrons. The summed E-state index contributed by atoms with van der Waals surface area (Å²) >= 11 is 0. The molecule has 1 aliphatic heterocycles. The van der Waals surface area contributed by atoms with Crippen LogP contribution in [0, 0.1) is 0 Å². The van der Waals surface area contributed by atoms with Gasteiger partial charge >= 0.3 is 6.03 Å². The fraction of sp³-hybridized carbons (Fsp3) is 0.476. The van der Waals surface area contributed by atoms with Crippen LogP contribution in [0.3, 0.4) is 0 Å². The van der Waals surface area contributed by atoms with Crippen LogP contribution < -0.4 is 5.32 Å². The van der Waals surface area contributed by atoms with Crippen molar-refractivity contribution in [2.24, 2.45) is 0 Å². The highest BCUT2D eigenvalue weighted by atomic mass is 16.2. The van der Waals surface area contributed by atoms with Gasteiger partial charge in [-0.05, 0) is 56.2 Å². The Hall–Kier alpha value is -2.23. The first kappa shape index (κ1) is 16.2. The van der Waals surface area contributed by atoms with E-state index in [1.807, 2.05) is 4.90 Å². The lowest BCUT2D eigenvalue weighted by molar-refractivity contribution is 0.155. The Morgan fingerprint density at radius 2 is 1.76 bits per heavy atom. The summed E-state index contributed by atoms with van der Waals surface area (Å²) in [6, 6.07) is 15.5. The molecule has 1 aliphatic carbocycles. The standard InChI is InChI=1S/C21H27N3O/c1-16-20-8-5-13-23(20)14-15-24(16)21(25)22-19-11-9-18(10-12-19)17-6-3-2-4-7-17/h2-8,13,16,18-19H,9-12,14-15H2,1H3,(H,22,25).